The van der Waals surface area contributed by atoms with Gasteiger partial charge in [0.15, 0.2) is 0 Å². The average Bonchev–Trinajstić information content (AvgIpc) is 2.60. The first-order valence-corrected chi connectivity index (χ1v) is 8.38. The summed E-state index contributed by atoms with van der Waals surface area (Å²) in [6.07, 6.45) is 4.19. The summed E-state index contributed by atoms with van der Waals surface area (Å²) in [5, 5.41) is 2.78. The summed E-state index contributed by atoms with van der Waals surface area (Å²) >= 11 is 0. The van der Waals surface area contributed by atoms with E-state index in [0.717, 1.165) is 32.1 Å². The van der Waals surface area contributed by atoms with E-state index in [1.807, 2.05) is 0 Å². The van der Waals surface area contributed by atoms with Gasteiger partial charge >= 0.3 is 12.1 Å². The van der Waals surface area contributed by atoms with E-state index in [1.165, 1.54) is 10.0 Å². The Kier molecular flexibility index (Phi) is 4.30. The number of hydrogen-bond acceptors (Lipinski definition) is 4. The minimum absolute atomic E-state index is 0.0126. The van der Waals surface area contributed by atoms with E-state index < -0.39 is 17.6 Å². The predicted octanol–water partition coefficient (Wildman–Crippen LogP) is 3.13. The van der Waals surface area contributed by atoms with E-state index in [-0.39, 0.29) is 11.9 Å². The summed E-state index contributed by atoms with van der Waals surface area (Å²) in [6, 6.07) is 8.36. The lowest BCUT2D eigenvalue weighted by Gasteiger charge is -2.57. The van der Waals surface area contributed by atoms with Gasteiger partial charge in [-0.15, -0.1) is 0 Å². The molecule has 1 aromatic carbocycles. The van der Waals surface area contributed by atoms with Crippen LogP contribution in [0, 0.1) is 0 Å². The molecule has 1 saturated heterocycles. The maximum Gasteiger partial charge on any atom is 0.437 e. The Hall–Kier alpha value is -2.37. The van der Waals surface area contributed by atoms with Crippen LogP contribution in [0.5, 0.6) is 0 Å². The molecule has 1 aliphatic heterocycles. The molecule has 1 aromatic rings. The monoisotopic (exact) mass is 330 g/mol. The van der Waals surface area contributed by atoms with Gasteiger partial charge in [-0.05, 0) is 38.8 Å². The first-order valence-electron chi connectivity index (χ1n) is 8.38. The van der Waals surface area contributed by atoms with Crippen LogP contribution >= 0.6 is 0 Å². The van der Waals surface area contributed by atoms with Crippen molar-refractivity contribution in [1.29, 1.82) is 0 Å². The van der Waals surface area contributed by atoms with E-state index in [9.17, 15) is 14.4 Å². The number of esters is 1. The molecule has 1 saturated carbocycles. The van der Waals surface area contributed by atoms with E-state index in [1.54, 1.807) is 44.2 Å². The predicted molar refractivity (Wildman–Crippen MR) is 86.9 cm³/mol. The Morgan fingerprint density at radius 2 is 1.71 bits per heavy atom. The van der Waals surface area contributed by atoms with Crippen molar-refractivity contribution in [2.75, 3.05) is 0 Å². The van der Waals surface area contributed by atoms with Crippen LogP contribution in [0.3, 0.4) is 0 Å². The molecule has 3 rings (SSSR count). The minimum Gasteiger partial charge on any atom is -0.371 e. The van der Waals surface area contributed by atoms with Crippen molar-refractivity contribution in [1.82, 2.24) is 10.0 Å². The molecule has 2 fully saturated rings. The van der Waals surface area contributed by atoms with Gasteiger partial charge in [-0.1, -0.05) is 37.5 Å². The Balaban J connectivity index is 1.73. The molecule has 128 valence electrons. The molecule has 1 heterocycles. The Morgan fingerprint density at radius 3 is 2.33 bits per heavy atom. The molecule has 24 heavy (non-hydrogen) atoms. The molecule has 6 heteroatoms. The van der Waals surface area contributed by atoms with Crippen LogP contribution in [-0.2, 0) is 9.53 Å². The van der Waals surface area contributed by atoms with Gasteiger partial charge in [0, 0.05) is 0 Å². The van der Waals surface area contributed by atoms with Crippen molar-refractivity contribution >= 4 is 18.0 Å². The zero-order valence-electron chi connectivity index (χ0n) is 14.0. The fourth-order valence-electron chi connectivity index (χ4n) is 3.41. The topological polar surface area (TPSA) is 66.9 Å². The molecule has 0 spiro atoms. The maximum atomic E-state index is 12.5. The fourth-order valence-corrected chi connectivity index (χ4v) is 3.41. The van der Waals surface area contributed by atoms with Crippen LogP contribution in [-0.4, -0.2) is 39.6 Å². The SMILES string of the molecule is CC1(C)C(=O)N(C2CCCCC2)N1C(=O)OC(=O)c1ccccc1. The molecule has 0 unspecified atom stereocenters. The Labute approximate surface area is 141 Å². The third-order valence-corrected chi connectivity index (χ3v) is 4.76. The molecule has 0 atom stereocenters. The summed E-state index contributed by atoms with van der Waals surface area (Å²) in [5.41, 5.74) is -0.675. The first-order chi connectivity index (χ1) is 11.4. The molecular weight excluding hydrogens is 308 g/mol. The van der Waals surface area contributed by atoms with Crippen LogP contribution in [0.1, 0.15) is 56.3 Å². The third kappa shape index (κ3) is 2.77. The molecule has 0 aromatic heterocycles. The van der Waals surface area contributed by atoms with E-state index in [0.29, 0.717) is 5.56 Å². The molecule has 0 bridgehead atoms. The van der Waals surface area contributed by atoms with Gasteiger partial charge in [0.25, 0.3) is 5.91 Å². The molecule has 6 nitrogen and oxygen atoms in total. The number of rotatable bonds is 2. The normalized spacial score (nSPS) is 20.5. The van der Waals surface area contributed by atoms with Gasteiger partial charge in [-0.25, -0.2) is 19.6 Å². The van der Waals surface area contributed by atoms with Gasteiger partial charge in [0.2, 0.25) is 0 Å². The highest BCUT2D eigenvalue weighted by molar-refractivity contribution is 6.01. The van der Waals surface area contributed by atoms with Crippen LogP contribution in [0.2, 0.25) is 0 Å². The van der Waals surface area contributed by atoms with Crippen molar-refractivity contribution in [2.45, 2.75) is 57.5 Å². The second kappa shape index (κ2) is 6.26. The van der Waals surface area contributed by atoms with Crippen molar-refractivity contribution in [3.8, 4) is 0 Å². The standard InChI is InChI=1S/C18H22N2O4/c1-18(2)16(22)19(14-11-7-4-8-12-14)20(18)17(23)24-15(21)13-9-5-3-6-10-13/h3,5-6,9-10,14H,4,7-8,11-12H2,1-2H3. The molecular formula is C18H22N2O4. The van der Waals surface area contributed by atoms with Crippen molar-refractivity contribution in [2.24, 2.45) is 0 Å². The Morgan fingerprint density at radius 1 is 1.08 bits per heavy atom. The smallest absolute Gasteiger partial charge is 0.371 e. The average molecular weight is 330 g/mol. The second-order valence-electron chi connectivity index (χ2n) is 6.83. The Bertz CT molecular complexity index is 650. The van der Waals surface area contributed by atoms with Gasteiger partial charge < -0.3 is 4.74 Å². The van der Waals surface area contributed by atoms with E-state index in [2.05, 4.69) is 0 Å². The van der Waals surface area contributed by atoms with Crippen LogP contribution in [0.25, 0.3) is 0 Å². The molecule has 0 radical (unpaired) electrons. The minimum atomic E-state index is -0.981. The third-order valence-electron chi connectivity index (χ3n) is 4.76. The quantitative estimate of drug-likeness (QED) is 0.617. The highest BCUT2D eigenvalue weighted by atomic mass is 16.6. The number of amides is 2. The number of ether oxygens (including phenoxy) is 1. The fraction of sp³-hybridized carbons (Fsp3) is 0.500. The van der Waals surface area contributed by atoms with Crippen molar-refractivity contribution in [3.05, 3.63) is 35.9 Å². The first kappa shape index (κ1) is 16.5. The van der Waals surface area contributed by atoms with Gasteiger partial charge in [-0.3, -0.25) is 4.79 Å². The lowest BCUT2D eigenvalue weighted by atomic mass is 9.89. The molecule has 1 aliphatic carbocycles. The van der Waals surface area contributed by atoms with Gasteiger partial charge in [0.05, 0.1) is 11.6 Å². The lowest BCUT2D eigenvalue weighted by molar-refractivity contribution is -0.213. The summed E-state index contributed by atoms with van der Waals surface area (Å²) in [7, 11) is 0. The van der Waals surface area contributed by atoms with E-state index >= 15 is 0 Å². The summed E-state index contributed by atoms with van der Waals surface area (Å²) in [4.78, 5) is 37.1. The maximum absolute atomic E-state index is 12.5. The van der Waals surface area contributed by atoms with Crippen LogP contribution in [0.15, 0.2) is 30.3 Å². The van der Waals surface area contributed by atoms with Crippen LogP contribution in [0.4, 0.5) is 4.79 Å². The number of benzene rings is 1. The van der Waals surface area contributed by atoms with Gasteiger partial charge in [-0.2, -0.15) is 0 Å². The molecule has 0 N–H and O–H groups in total. The second-order valence-corrected chi connectivity index (χ2v) is 6.83. The van der Waals surface area contributed by atoms with Gasteiger partial charge in [0.1, 0.15) is 5.54 Å². The largest absolute Gasteiger partial charge is 0.437 e. The summed E-state index contributed by atoms with van der Waals surface area (Å²) < 4.78 is 5.00. The van der Waals surface area contributed by atoms with Crippen molar-refractivity contribution < 1.29 is 19.1 Å². The number of hydrogen-bond donors (Lipinski definition) is 0. The van der Waals surface area contributed by atoms with Crippen LogP contribution < -0.4 is 0 Å². The zero-order chi connectivity index (χ0) is 17.3. The number of nitrogens with zero attached hydrogens (tertiary/aromatic N) is 2. The highest BCUT2D eigenvalue weighted by Gasteiger charge is 2.58. The number of carbonyl (C=O) groups is 3. The molecule has 2 amide bonds. The number of carbonyl (C=O) groups excluding carboxylic acids is 3. The summed E-state index contributed by atoms with van der Waals surface area (Å²) in [5.74, 6) is -0.808. The lowest BCUT2D eigenvalue weighted by Crippen LogP contribution is -2.78. The zero-order valence-corrected chi connectivity index (χ0v) is 14.0. The number of hydrazine groups is 1. The summed E-state index contributed by atoms with van der Waals surface area (Å²) in [6.45, 7) is 3.34. The van der Waals surface area contributed by atoms with E-state index in [4.69, 9.17) is 4.74 Å². The molecule has 2 aliphatic rings. The van der Waals surface area contributed by atoms with Crippen molar-refractivity contribution in [3.63, 3.8) is 0 Å². The highest BCUT2D eigenvalue weighted by Crippen LogP contribution is 2.37.